The molecule has 25 heavy (non-hydrogen) atoms. The summed E-state index contributed by atoms with van der Waals surface area (Å²) in [5, 5.41) is 13.9. The van der Waals surface area contributed by atoms with Crippen LogP contribution < -0.4 is 9.47 Å². The van der Waals surface area contributed by atoms with Crippen LogP contribution in [0.5, 0.6) is 11.5 Å². The second-order valence-corrected chi connectivity index (χ2v) is 4.84. The number of rotatable bonds is 5. The van der Waals surface area contributed by atoms with Crippen molar-refractivity contribution in [3.63, 3.8) is 0 Å². The van der Waals surface area contributed by atoms with E-state index in [-0.39, 0.29) is 0 Å². The minimum absolute atomic E-state index is 0.738. The van der Waals surface area contributed by atoms with Crippen LogP contribution in [0, 0.1) is 0 Å². The Morgan fingerprint density at radius 3 is 2.08 bits per heavy atom. The molecule has 0 aliphatic rings. The molecule has 2 aromatic rings. The van der Waals surface area contributed by atoms with Crippen molar-refractivity contribution in [2.45, 2.75) is 6.92 Å². The van der Waals surface area contributed by atoms with Crippen molar-refractivity contribution in [1.82, 2.24) is 0 Å². The largest absolute Gasteiger partial charge is 0.503 e. The molecule has 132 valence electrons. The summed E-state index contributed by atoms with van der Waals surface area (Å²) in [6.07, 6.45) is 4.46. The molecule has 2 rings (SSSR count). The van der Waals surface area contributed by atoms with Gasteiger partial charge in [-0.05, 0) is 35.8 Å². The predicted molar refractivity (Wildman–Crippen MR) is 99.3 cm³/mol. The van der Waals surface area contributed by atoms with Crippen molar-refractivity contribution in [3.8, 4) is 11.5 Å². The molecule has 2 N–H and O–H groups in total. The van der Waals surface area contributed by atoms with Crippen molar-refractivity contribution in [2.75, 3.05) is 14.2 Å². The monoisotopic (exact) mass is 342 g/mol. The number of benzene rings is 2. The average Bonchev–Trinajstić information content (AvgIpc) is 2.62. The number of hydrogen-bond acceptors (Lipinski definition) is 3. The normalized spacial score (nSPS) is 10.8. The van der Waals surface area contributed by atoms with Crippen LogP contribution in [-0.4, -0.2) is 30.6 Å². The number of hydrogen-bond donors (Lipinski definition) is 2. The fourth-order valence-electron chi connectivity index (χ4n) is 2.13. The zero-order valence-corrected chi connectivity index (χ0v) is 14.5. The Morgan fingerprint density at radius 1 is 0.960 bits per heavy atom. The minimum Gasteiger partial charge on any atom is -0.493 e. The van der Waals surface area contributed by atoms with Gasteiger partial charge in [0, 0.05) is 0 Å². The van der Waals surface area contributed by atoms with Crippen molar-refractivity contribution < 1.29 is 24.5 Å². The summed E-state index contributed by atoms with van der Waals surface area (Å²) in [6.45, 7) is 2.03. The van der Waals surface area contributed by atoms with Crippen LogP contribution in [0.4, 0.5) is 4.79 Å². The predicted octanol–water partition coefficient (Wildman–Crippen LogP) is 5.04. The molecule has 0 spiro atoms. The van der Waals surface area contributed by atoms with E-state index in [0.29, 0.717) is 0 Å². The van der Waals surface area contributed by atoms with E-state index in [1.807, 2.05) is 43.3 Å². The van der Waals surface area contributed by atoms with Gasteiger partial charge in [-0.15, -0.1) is 0 Å². The first-order chi connectivity index (χ1) is 12.0. The van der Waals surface area contributed by atoms with E-state index in [2.05, 4.69) is 30.4 Å². The molecule has 0 heterocycles. The second kappa shape index (κ2) is 10.5. The molecule has 0 atom stereocenters. The van der Waals surface area contributed by atoms with Crippen LogP contribution in [0.15, 0.2) is 60.7 Å². The summed E-state index contributed by atoms with van der Waals surface area (Å²) in [6, 6.07) is 16.2. The quantitative estimate of drug-likeness (QED) is 0.744. The zero-order chi connectivity index (χ0) is 18.7. The molecule has 0 aromatic heterocycles. The van der Waals surface area contributed by atoms with Crippen molar-refractivity contribution in [2.24, 2.45) is 0 Å². The van der Waals surface area contributed by atoms with Crippen LogP contribution in [0.3, 0.4) is 0 Å². The summed E-state index contributed by atoms with van der Waals surface area (Å²) in [5.74, 6) is 1.48. The summed E-state index contributed by atoms with van der Waals surface area (Å²) in [5.41, 5.74) is 3.42. The maximum absolute atomic E-state index is 8.56. The molecule has 0 radical (unpaired) electrons. The van der Waals surface area contributed by atoms with Crippen LogP contribution in [-0.2, 0) is 0 Å². The third-order valence-corrected chi connectivity index (χ3v) is 3.28. The van der Waals surface area contributed by atoms with E-state index in [4.69, 9.17) is 24.5 Å². The van der Waals surface area contributed by atoms with Gasteiger partial charge < -0.3 is 19.7 Å². The van der Waals surface area contributed by atoms with Crippen LogP contribution in [0.1, 0.15) is 18.1 Å². The van der Waals surface area contributed by atoms with Gasteiger partial charge in [0.1, 0.15) is 0 Å². The Kier molecular flexibility index (Phi) is 8.37. The van der Waals surface area contributed by atoms with Crippen LogP contribution in [0.25, 0.3) is 11.6 Å². The van der Waals surface area contributed by atoms with Gasteiger partial charge in [0.05, 0.1) is 14.2 Å². The number of ether oxygens (including phenoxy) is 2. The lowest BCUT2D eigenvalue weighted by atomic mass is 10.0. The van der Waals surface area contributed by atoms with Gasteiger partial charge in [-0.25, -0.2) is 4.79 Å². The zero-order valence-electron chi connectivity index (χ0n) is 14.5. The lowest BCUT2D eigenvalue weighted by molar-refractivity contribution is 0.137. The van der Waals surface area contributed by atoms with Crippen molar-refractivity contribution >= 4 is 17.8 Å². The molecule has 0 amide bonds. The molecule has 5 nitrogen and oxygen atoms in total. The van der Waals surface area contributed by atoms with Gasteiger partial charge in [-0.2, -0.15) is 0 Å². The molecule has 0 saturated carbocycles. The Balaban J connectivity index is 0.000000705. The first kappa shape index (κ1) is 19.8. The molecular weight excluding hydrogens is 320 g/mol. The Bertz CT molecular complexity index is 729. The number of methoxy groups -OCH3 is 2. The van der Waals surface area contributed by atoms with E-state index in [9.17, 15) is 0 Å². The highest BCUT2D eigenvalue weighted by Crippen LogP contribution is 2.30. The van der Waals surface area contributed by atoms with E-state index < -0.39 is 6.16 Å². The lowest BCUT2D eigenvalue weighted by Crippen LogP contribution is -1.91. The fraction of sp³-hybridized carbons (Fsp3) is 0.150. The highest BCUT2D eigenvalue weighted by Gasteiger charge is 2.06. The lowest BCUT2D eigenvalue weighted by Gasteiger charge is -2.10. The maximum Gasteiger partial charge on any atom is 0.503 e. The van der Waals surface area contributed by atoms with Crippen LogP contribution in [0.2, 0.25) is 0 Å². The maximum atomic E-state index is 8.56. The second-order valence-electron chi connectivity index (χ2n) is 4.84. The van der Waals surface area contributed by atoms with E-state index >= 15 is 0 Å². The minimum atomic E-state index is -1.83. The molecule has 0 bridgehead atoms. The molecular formula is C20H22O5. The van der Waals surface area contributed by atoms with Crippen molar-refractivity contribution in [1.29, 1.82) is 0 Å². The average molecular weight is 342 g/mol. The van der Waals surface area contributed by atoms with Gasteiger partial charge >= 0.3 is 6.16 Å². The van der Waals surface area contributed by atoms with Gasteiger partial charge in [-0.1, -0.05) is 54.6 Å². The summed E-state index contributed by atoms with van der Waals surface area (Å²) in [4.78, 5) is 8.56. The van der Waals surface area contributed by atoms with Gasteiger partial charge in [-0.3, -0.25) is 0 Å². The van der Waals surface area contributed by atoms with Crippen molar-refractivity contribution in [3.05, 3.63) is 71.8 Å². The molecule has 2 aromatic carbocycles. The number of allylic oxidation sites excluding steroid dienone is 3. The van der Waals surface area contributed by atoms with Gasteiger partial charge in [0.15, 0.2) is 11.5 Å². The SMILES string of the molecule is CC=C(C=Cc1ccccc1)c1ccc(OC)c(OC)c1.O=C(O)O. The summed E-state index contributed by atoms with van der Waals surface area (Å²) >= 11 is 0. The molecule has 0 unspecified atom stereocenters. The number of carbonyl (C=O) groups is 1. The number of carboxylic acid groups (broad SMARTS) is 2. The summed E-state index contributed by atoms with van der Waals surface area (Å²) in [7, 11) is 3.29. The van der Waals surface area contributed by atoms with E-state index in [1.165, 1.54) is 5.56 Å². The molecule has 0 saturated heterocycles. The topological polar surface area (TPSA) is 76.0 Å². The van der Waals surface area contributed by atoms with E-state index in [1.54, 1.807) is 14.2 Å². The smallest absolute Gasteiger partial charge is 0.493 e. The first-order valence-corrected chi connectivity index (χ1v) is 7.55. The Morgan fingerprint density at radius 2 is 1.56 bits per heavy atom. The third-order valence-electron chi connectivity index (χ3n) is 3.28. The highest BCUT2D eigenvalue weighted by molar-refractivity contribution is 5.79. The Labute approximate surface area is 147 Å². The van der Waals surface area contributed by atoms with Gasteiger partial charge in [0.2, 0.25) is 0 Å². The highest BCUT2D eigenvalue weighted by atomic mass is 16.6. The van der Waals surface area contributed by atoms with Gasteiger partial charge in [0.25, 0.3) is 0 Å². The molecule has 0 fully saturated rings. The molecule has 5 heteroatoms. The van der Waals surface area contributed by atoms with E-state index in [0.717, 1.165) is 22.6 Å². The standard InChI is InChI=1S/C19H20O2.CH2O3/c1-4-16(11-10-15-8-6-5-7-9-15)17-12-13-18(20-2)19(14-17)21-3;2-1(3)4/h4-14H,1-3H3;(H2,2,3,4). The van der Waals surface area contributed by atoms with Crippen LogP contribution >= 0.6 is 0 Å². The fourth-order valence-corrected chi connectivity index (χ4v) is 2.13. The summed E-state index contributed by atoms with van der Waals surface area (Å²) < 4.78 is 10.6. The third kappa shape index (κ3) is 6.83. The first-order valence-electron chi connectivity index (χ1n) is 7.55. The molecule has 0 aliphatic heterocycles. The Hall–Kier alpha value is -3.21. The molecule has 0 aliphatic carbocycles.